The van der Waals surface area contributed by atoms with E-state index < -0.39 is 23.3 Å². The molecule has 0 spiro atoms. The van der Waals surface area contributed by atoms with Crippen molar-refractivity contribution < 1.29 is 19.5 Å². The van der Waals surface area contributed by atoms with Crippen LogP contribution in [0.1, 0.15) is 47.4 Å². The highest BCUT2D eigenvalue weighted by Crippen LogP contribution is 2.33. The molecule has 0 fully saturated rings. The van der Waals surface area contributed by atoms with E-state index in [9.17, 15) is 19.5 Å². The summed E-state index contributed by atoms with van der Waals surface area (Å²) >= 11 is 0. The normalized spacial score (nSPS) is 14.7. The molecule has 100 valence electrons. The van der Waals surface area contributed by atoms with Crippen molar-refractivity contribution in [2.24, 2.45) is 0 Å². The van der Waals surface area contributed by atoms with Gasteiger partial charge in [-0.1, -0.05) is 26.0 Å². The first-order valence-electron chi connectivity index (χ1n) is 6.21. The summed E-state index contributed by atoms with van der Waals surface area (Å²) in [6.45, 7) is 3.34. The Kier molecular flexibility index (Phi) is 3.14. The molecule has 1 aromatic carbocycles. The Morgan fingerprint density at radius 2 is 1.53 bits per heavy atom. The molecule has 2 rings (SSSR count). The number of aliphatic carboxylic acids is 1. The number of imide groups is 1. The molecule has 0 bridgehead atoms. The molecule has 1 heterocycles. The molecular formula is C14H15NO4. The first kappa shape index (κ1) is 13.3. The van der Waals surface area contributed by atoms with Gasteiger partial charge >= 0.3 is 5.97 Å². The van der Waals surface area contributed by atoms with Crippen molar-refractivity contribution in [2.45, 2.75) is 32.2 Å². The van der Waals surface area contributed by atoms with Crippen molar-refractivity contribution >= 4 is 17.8 Å². The summed E-state index contributed by atoms with van der Waals surface area (Å²) in [5.74, 6) is -2.19. The van der Waals surface area contributed by atoms with Gasteiger partial charge in [-0.05, 0) is 25.0 Å². The van der Waals surface area contributed by atoms with Crippen LogP contribution in [-0.2, 0) is 4.79 Å². The van der Waals surface area contributed by atoms with E-state index in [4.69, 9.17) is 0 Å². The van der Waals surface area contributed by atoms with Crippen molar-refractivity contribution in [3.05, 3.63) is 35.4 Å². The summed E-state index contributed by atoms with van der Waals surface area (Å²) in [7, 11) is 0. The van der Waals surface area contributed by atoms with Gasteiger partial charge in [-0.3, -0.25) is 14.5 Å². The first-order valence-corrected chi connectivity index (χ1v) is 6.21. The van der Waals surface area contributed by atoms with Gasteiger partial charge in [0.05, 0.1) is 11.1 Å². The topological polar surface area (TPSA) is 74.7 Å². The lowest BCUT2D eigenvalue weighted by molar-refractivity contribution is -0.149. The van der Waals surface area contributed by atoms with Crippen molar-refractivity contribution in [3.63, 3.8) is 0 Å². The van der Waals surface area contributed by atoms with Crippen LogP contribution in [-0.4, -0.2) is 33.3 Å². The number of carboxylic acid groups (broad SMARTS) is 1. The van der Waals surface area contributed by atoms with Gasteiger partial charge in [0.2, 0.25) is 0 Å². The summed E-state index contributed by atoms with van der Waals surface area (Å²) in [6.07, 6.45) is 0.370. The van der Waals surface area contributed by atoms with Crippen molar-refractivity contribution in [3.8, 4) is 0 Å². The van der Waals surface area contributed by atoms with Gasteiger partial charge in [-0.2, -0.15) is 0 Å². The van der Waals surface area contributed by atoms with E-state index in [1.807, 2.05) is 0 Å². The molecule has 0 saturated carbocycles. The van der Waals surface area contributed by atoms with E-state index in [0.29, 0.717) is 0 Å². The Morgan fingerprint density at radius 3 is 1.84 bits per heavy atom. The monoisotopic (exact) mass is 261 g/mol. The molecule has 0 radical (unpaired) electrons. The number of carbonyl (C=O) groups excluding carboxylic acids is 2. The van der Waals surface area contributed by atoms with Crippen LogP contribution in [0.3, 0.4) is 0 Å². The summed E-state index contributed by atoms with van der Waals surface area (Å²) in [4.78, 5) is 37.1. The molecule has 0 saturated heterocycles. The maximum atomic E-state index is 12.3. The standard InChI is InChI=1S/C14H15NO4/c1-3-14(4-2,13(18)19)15-11(16)9-7-5-6-8-10(9)12(15)17/h5-8H,3-4H2,1-2H3,(H,18,19). The first-order chi connectivity index (χ1) is 8.99. The molecule has 19 heavy (non-hydrogen) atoms. The molecule has 5 nitrogen and oxygen atoms in total. The fraction of sp³-hybridized carbons (Fsp3) is 0.357. The van der Waals surface area contributed by atoms with E-state index in [1.54, 1.807) is 38.1 Å². The fourth-order valence-corrected chi connectivity index (χ4v) is 2.54. The van der Waals surface area contributed by atoms with Crippen LogP contribution in [0.2, 0.25) is 0 Å². The van der Waals surface area contributed by atoms with E-state index in [2.05, 4.69) is 0 Å². The zero-order valence-corrected chi connectivity index (χ0v) is 10.8. The van der Waals surface area contributed by atoms with Gasteiger partial charge in [0.15, 0.2) is 0 Å². The highest BCUT2D eigenvalue weighted by molar-refractivity contribution is 6.23. The van der Waals surface area contributed by atoms with Crippen molar-refractivity contribution in [1.82, 2.24) is 4.90 Å². The molecule has 1 aliphatic rings. The fourth-order valence-electron chi connectivity index (χ4n) is 2.54. The predicted molar refractivity (Wildman–Crippen MR) is 67.9 cm³/mol. The lowest BCUT2D eigenvalue weighted by atomic mass is 9.90. The van der Waals surface area contributed by atoms with Crippen LogP contribution in [0.25, 0.3) is 0 Å². The molecule has 0 aliphatic carbocycles. The number of amides is 2. The van der Waals surface area contributed by atoms with Gasteiger partial charge in [-0.15, -0.1) is 0 Å². The lowest BCUT2D eigenvalue weighted by Crippen LogP contribution is -2.56. The maximum Gasteiger partial charge on any atom is 0.330 e. The Bertz CT molecular complexity index is 525. The largest absolute Gasteiger partial charge is 0.479 e. The SMILES string of the molecule is CCC(CC)(C(=O)O)N1C(=O)c2ccccc2C1=O. The smallest absolute Gasteiger partial charge is 0.330 e. The third-order valence-electron chi connectivity index (χ3n) is 3.79. The predicted octanol–water partition coefficient (Wildman–Crippen LogP) is 1.93. The second-order valence-electron chi connectivity index (χ2n) is 4.54. The van der Waals surface area contributed by atoms with Crippen LogP contribution in [0.15, 0.2) is 24.3 Å². The number of carbonyl (C=O) groups is 3. The van der Waals surface area contributed by atoms with E-state index in [1.165, 1.54) is 0 Å². The average Bonchev–Trinajstić information content (AvgIpc) is 2.66. The van der Waals surface area contributed by atoms with Crippen molar-refractivity contribution in [2.75, 3.05) is 0 Å². The number of fused-ring (bicyclic) bond motifs is 1. The van der Waals surface area contributed by atoms with Gasteiger partial charge < -0.3 is 5.11 Å². The number of nitrogens with zero attached hydrogens (tertiary/aromatic N) is 1. The van der Waals surface area contributed by atoms with Gasteiger partial charge in [-0.25, -0.2) is 4.79 Å². The van der Waals surface area contributed by atoms with Crippen LogP contribution >= 0.6 is 0 Å². The molecule has 1 aliphatic heterocycles. The third-order valence-corrected chi connectivity index (χ3v) is 3.79. The highest BCUT2D eigenvalue weighted by Gasteiger charge is 2.51. The summed E-state index contributed by atoms with van der Waals surface area (Å²) in [5.41, 5.74) is -0.909. The minimum atomic E-state index is -1.47. The van der Waals surface area contributed by atoms with Crippen LogP contribution in [0, 0.1) is 0 Å². The number of hydrogen-bond acceptors (Lipinski definition) is 3. The third kappa shape index (κ3) is 1.65. The zero-order valence-electron chi connectivity index (χ0n) is 10.8. The van der Waals surface area contributed by atoms with E-state index in [-0.39, 0.29) is 24.0 Å². The van der Waals surface area contributed by atoms with Crippen molar-refractivity contribution in [1.29, 1.82) is 0 Å². The van der Waals surface area contributed by atoms with E-state index in [0.717, 1.165) is 4.90 Å². The second-order valence-corrected chi connectivity index (χ2v) is 4.54. The highest BCUT2D eigenvalue weighted by atomic mass is 16.4. The summed E-state index contributed by atoms with van der Waals surface area (Å²) in [6, 6.07) is 6.42. The van der Waals surface area contributed by atoms with Crippen LogP contribution < -0.4 is 0 Å². The number of hydrogen-bond donors (Lipinski definition) is 1. The second kappa shape index (κ2) is 4.50. The zero-order chi connectivity index (χ0) is 14.2. The molecule has 0 aromatic heterocycles. The quantitative estimate of drug-likeness (QED) is 0.840. The Hall–Kier alpha value is -2.17. The Morgan fingerprint density at radius 1 is 1.11 bits per heavy atom. The summed E-state index contributed by atoms with van der Waals surface area (Å²) in [5, 5.41) is 9.45. The van der Waals surface area contributed by atoms with Gasteiger partial charge in [0.1, 0.15) is 5.54 Å². The maximum absolute atomic E-state index is 12.3. The molecule has 0 unspecified atom stereocenters. The van der Waals surface area contributed by atoms with Crippen LogP contribution in [0.4, 0.5) is 0 Å². The molecule has 2 amide bonds. The lowest BCUT2D eigenvalue weighted by Gasteiger charge is -2.35. The van der Waals surface area contributed by atoms with Crippen LogP contribution in [0.5, 0.6) is 0 Å². The number of benzene rings is 1. The minimum absolute atomic E-state index is 0.185. The average molecular weight is 261 g/mol. The number of rotatable bonds is 4. The molecular weight excluding hydrogens is 246 g/mol. The molecule has 0 atom stereocenters. The molecule has 1 N–H and O–H groups in total. The number of carboxylic acids is 1. The van der Waals surface area contributed by atoms with Gasteiger partial charge in [0.25, 0.3) is 11.8 Å². The summed E-state index contributed by atoms with van der Waals surface area (Å²) < 4.78 is 0. The Labute approximate surface area is 110 Å². The van der Waals surface area contributed by atoms with Gasteiger partial charge in [0, 0.05) is 0 Å². The minimum Gasteiger partial charge on any atom is -0.479 e. The molecule has 5 heteroatoms. The Balaban J connectivity index is 2.57. The van der Waals surface area contributed by atoms with E-state index >= 15 is 0 Å². The molecule has 1 aromatic rings.